The van der Waals surface area contributed by atoms with E-state index in [0.717, 1.165) is 5.56 Å². The molecular weight excluding hydrogens is 331 g/mol. The van der Waals surface area contributed by atoms with Gasteiger partial charge in [0.05, 0.1) is 0 Å². The number of anilines is 1. The van der Waals surface area contributed by atoms with Gasteiger partial charge in [-0.1, -0.05) is 36.4 Å². The predicted molar refractivity (Wildman–Crippen MR) is 99.4 cm³/mol. The predicted octanol–water partition coefficient (Wildman–Crippen LogP) is 3.33. The van der Waals surface area contributed by atoms with E-state index in [1.807, 2.05) is 30.3 Å². The fourth-order valence-electron chi connectivity index (χ4n) is 3.26. The Kier molecular flexibility index (Phi) is 5.35. The quantitative estimate of drug-likeness (QED) is 0.845. The Hall–Kier alpha value is -2.69. The molecule has 26 heavy (non-hydrogen) atoms. The molecule has 0 unspecified atom stereocenters. The number of aryl methyl sites for hydroxylation is 2. The molecule has 1 aliphatic heterocycles. The van der Waals surface area contributed by atoms with Crippen LogP contribution in [-0.2, 0) is 16.0 Å². The highest BCUT2D eigenvalue weighted by atomic mass is 19.1. The Bertz CT molecular complexity index is 807. The summed E-state index contributed by atoms with van der Waals surface area (Å²) in [7, 11) is 0. The zero-order chi connectivity index (χ0) is 18.7. The Balaban J connectivity index is 1.65. The summed E-state index contributed by atoms with van der Waals surface area (Å²) < 4.78 is 13.8. The van der Waals surface area contributed by atoms with Crippen molar-refractivity contribution in [2.45, 2.75) is 32.7 Å². The Morgan fingerprint density at radius 2 is 1.88 bits per heavy atom. The summed E-state index contributed by atoms with van der Waals surface area (Å²) in [5, 5.41) is 0. The van der Waals surface area contributed by atoms with Gasteiger partial charge in [-0.15, -0.1) is 0 Å². The van der Waals surface area contributed by atoms with Crippen molar-refractivity contribution in [3.8, 4) is 0 Å². The average Bonchev–Trinajstić information content (AvgIpc) is 2.65. The molecule has 3 rings (SSSR count). The molecule has 0 radical (unpaired) electrons. The van der Waals surface area contributed by atoms with Crippen LogP contribution in [0.25, 0.3) is 0 Å². The number of benzene rings is 2. The molecule has 0 bridgehead atoms. The zero-order valence-corrected chi connectivity index (χ0v) is 15.1. The second-order valence-corrected chi connectivity index (χ2v) is 6.67. The molecule has 1 saturated heterocycles. The van der Waals surface area contributed by atoms with Gasteiger partial charge < -0.3 is 9.80 Å². The molecule has 0 aliphatic carbocycles. The number of carbonyl (C=O) groups is 2. The third-order valence-corrected chi connectivity index (χ3v) is 4.91. The molecule has 2 amide bonds. The molecule has 2 aromatic rings. The molecule has 1 heterocycles. The number of carbonyl (C=O) groups excluding carboxylic acids is 2. The van der Waals surface area contributed by atoms with Crippen molar-refractivity contribution >= 4 is 17.5 Å². The molecule has 0 aromatic heterocycles. The van der Waals surface area contributed by atoms with Crippen molar-refractivity contribution in [2.75, 3.05) is 18.0 Å². The highest BCUT2D eigenvalue weighted by Gasteiger charge is 2.34. The fraction of sp³-hybridized carbons (Fsp3) is 0.333. The van der Waals surface area contributed by atoms with Crippen LogP contribution in [0, 0.1) is 12.7 Å². The van der Waals surface area contributed by atoms with Gasteiger partial charge in [-0.05, 0) is 43.5 Å². The number of rotatable bonds is 4. The minimum absolute atomic E-state index is 0.0237. The first kappa shape index (κ1) is 18.1. The summed E-state index contributed by atoms with van der Waals surface area (Å²) >= 11 is 0. The molecular formula is C21H23FN2O2. The number of piperazine rings is 1. The minimum atomic E-state index is -0.545. The number of amides is 2. The Morgan fingerprint density at radius 1 is 1.15 bits per heavy atom. The van der Waals surface area contributed by atoms with E-state index in [9.17, 15) is 14.0 Å². The smallest absolute Gasteiger partial charge is 0.249 e. The normalized spacial score (nSPS) is 17.5. The van der Waals surface area contributed by atoms with E-state index < -0.39 is 6.04 Å². The van der Waals surface area contributed by atoms with Gasteiger partial charge in [-0.3, -0.25) is 9.59 Å². The first-order valence-corrected chi connectivity index (χ1v) is 8.88. The van der Waals surface area contributed by atoms with E-state index in [2.05, 4.69) is 0 Å². The molecule has 0 N–H and O–H groups in total. The van der Waals surface area contributed by atoms with Crippen molar-refractivity contribution in [1.82, 2.24) is 4.90 Å². The lowest BCUT2D eigenvalue weighted by molar-refractivity contribution is -0.140. The van der Waals surface area contributed by atoms with Crippen molar-refractivity contribution in [2.24, 2.45) is 0 Å². The lowest BCUT2D eigenvalue weighted by Gasteiger charge is -2.39. The van der Waals surface area contributed by atoms with Crippen LogP contribution in [0.1, 0.15) is 24.5 Å². The highest BCUT2D eigenvalue weighted by molar-refractivity contribution is 6.00. The van der Waals surface area contributed by atoms with Crippen LogP contribution in [0.3, 0.4) is 0 Å². The minimum Gasteiger partial charge on any atom is -0.329 e. The molecule has 5 heteroatoms. The largest absolute Gasteiger partial charge is 0.329 e. The summed E-state index contributed by atoms with van der Waals surface area (Å²) in [6.07, 6.45) is 1.03. The monoisotopic (exact) mass is 354 g/mol. The molecule has 1 atom stereocenters. The second-order valence-electron chi connectivity index (χ2n) is 6.67. The van der Waals surface area contributed by atoms with E-state index in [0.29, 0.717) is 37.2 Å². The van der Waals surface area contributed by atoms with Crippen molar-refractivity contribution in [3.05, 3.63) is 65.5 Å². The molecule has 1 aliphatic rings. The van der Waals surface area contributed by atoms with Gasteiger partial charge in [-0.2, -0.15) is 0 Å². The number of halogens is 1. The van der Waals surface area contributed by atoms with Crippen molar-refractivity contribution in [1.29, 1.82) is 0 Å². The zero-order valence-electron chi connectivity index (χ0n) is 15.1. The third-order valence-electron chi connectivity index (χ3n) is 4.91. The topological polar surface area (TPSA) is 40.6 Å². The van der Waals surface area contributed by atoms with Crippen molar-refractivity contribution in [3.63, 3.8) is 0 Å². The molecule has 2 aromatic carbocycles. The lowest BCUT2D eigenvalue weighted by atomic mass is 10.1. The van der Waals surface area contributed by atoms with E-state index in [1.54, 1.807) is 35.8 Å². The molecule has 1 fully saturated rings. The van der Waals surface area contributed by atoms with Gasteiger partial charge >= 0.3 is 0 Å². The summed E-state index contributed by atoms with van der Waals surface area (Å²) in [4.78, 5) is 28.5. The van der Waals surface area contributed by atoms with Crippen molar-refractivity contribution < 1.29 is 14.0 Å². The van der Waals surface area contributed by atoms with E-state index >= 15 is 0 Å². The van der Waals surface area contributed by atoms with Crippen LogP contribution < -0.4 is 4.90 Å². The molecule has 136 valence electrons. The molecule has 4 nitrogen and oxygen atoms in total. The summed E-state index contributed by atoms with van der Waals surface area (Å²) in [6, 6.07) is 14.1. The Morgan fingerprint density at radius 3 is 2.58 bits per heavy atom. The van der Waals surface area contributed by atoms with Crippen LogP contribution >= 0.6 is 0 Å². The maximum Gasteiger partial charge on any atom is 0.249 e. The summed E-state index contributed by atoms with van der Waals surface area (Å²) in [6.45, 7) is 4.26. The van der Waals surface area contributed by atoms with E-state index in [4.69, 9.17) is 0 Å². The highest BCUT2D eigenvalue weighted by Crippen LogP contribution is 2.23. The van der Waals surface area contributed by atoms with Gasteiger partial charge in [0, 0.05) is 25.2 Å². The third kappa shape index (κ3) is 3.77. The van der Waals surface area contributed by atoms with Gasteiger partial charge in [-0.25, -0.2) is 4.39 Å². The summed E-state index contributed by atoms with van der Waals surface area (Å²) in [5.74, 6) is -0.527. The molecule has 0 saturated carbocycles. The van der Waals surface area contributed by atoms with Crippen LogP contribution in [0.5, 0.6) is 0 Å². The number of hydrogen-bond donors (Lipinski definition) is 0. The summed E-state index contributed by atoms with van der Waals surface area (Å²) in [5.41, 5.74) is 2.19. The fourth-order valence-corrected chi connectivity index (χ4v) is 3.26. The maximum absolute atomic E-state index is 13.8. The van der Waals surface area contributed by atoms with Crippen LogP contribution in [0.4, 0.5) is 10.1 Å². The maximum atomic E-state index is 13.8. The van der Waals surface area contributed by atoms with Gasteiger partial charge in [0.25, 0.3) is 0 Å². The number of nitrogens with zero attached hydrogens (tertiary/aromatic N) is 2. The standard InChI is InChI=1S/C21H23FN2O2/c1-15-8-10-18(14-19(15)22)24-13-12-23(16(2)21(24)26)20(25)11-9-17-6-4-3-5-7-17/h3-8,10,14,16H,9,11-13H2,1-2H3/t16-/m0/s1. The van der Waals surface area contributed by atoms with Gasteiger partial charge in [0.2, 0.25) is 11.8 Å². The average molecular weight is 354 g/mol. The Labute approximate surface area is 153 Å². The second kappa shape index (κ2) is 7.68. The number of hydrogen-bond acceptors (Lipinski definition) is 2. The van der Waals surface area contributed by atoms with Crippen LogP contribution in [-0.4, -0.2) is 35.8 Å². The van der Waals surface area contributed by atoms with Crippen LogP contribution in [0.2, 0.25) is 0 Å². The first-order valence-electron chi connectivity index (χ1n) is 8.88. The first-order chi connectivity index (χ1) is 12.5. The van der Waals surface area contributed by atoms with Crippen LogP contribution in [0.15, 0.2) is 48.5 Å². The van der Waals surface area contributed by atoms with E-state index in [-0.39, 0.29) is 17.6 Å². The van der Waals surface area contributed by atoms with Gasteiger partial charge in [0.15, 0.2) is 0 Å². The molecule has 0 spiro atoms. The van der Waals surface area contributed by atoms with E-state index in [1.165, 1.54) is 6.07 Å². The SMILES string of the molecule is Cc1ccc(N2CCN(C(=O)CCc3ccccc3)[C@@H](C)C2=O)cc1F. The lowest BCUT2D eigenvalue weighted by Crippen LogP contribution is -2.57. The van der Waals surface area contributed by atoms with Gasteiger partial charge in [0.1, 0.15) is 11.9 Å².